The van der Waals surface area contributed by atoms with Gasteiger partial charge in [-0.15, -0.1) is 0 Å². The van der Waals surface area contributed by atoms with Gasteiger partial charge in [-0.1, -0.05) is 0 Å². The Balaban J connectivity index is 1.09. The Morgan fingerprint density at radius 2 is 1.90 bits per heavy atom. The molecule has 0 bridgehead atoms. The lowest BCUT2D eigenvalue weighted by Crippen LogP contribution is -2.47. The van der Waals surface area contributed by atoms with Crippen LogP contribution in [0.5, 0.6) is 5.88 Å². The monoisotopic (exact) mass is 559 g/mol. The molecule has 0 atom stereocenters. The molecule has 4 amide bonds. The topological polar surface area (TPSA) is 142 Å². The van der Waals surface area contributed by atoms with E-state index >= 15 is 0 Å². The van der Waals surface area contributed by atoms with Gasteiger partial charge < -0.3 is 26.0 Å². The fraction of sp³-hybridized carbons (Fsp3) is 0.538. The molecule has 39 heavy (non-hydrogen) atoms. The number of anilines is 1. The van der Waals surface area contributed by atoms with E-state index in [4.69, 9.17) is 10.5 Å². The molecule has 1 aromatic heterocycles. The number of nitrogens with zero attached hydrogens (tertiary/aromatic N) is 3. The summed E-state index contributed by atoms with van der Waals surface area (Å²) in [6, 6.07) is 4.50. The fourth-order valence-electron chi connectivity index (χ4n) is 4.59. The van der Waals surface area contributed by atoms with Gasteiger partial charge in [-0.05, 0) is 68.4 Å². The Kier molecular flexibility index (Phi) is 8.58. The van der Waals surface area contributed by atoms with Gasteiger partial charge in [0.15, 0.2) is 0 Å². The molecule has 5 N–H and O–H groups in total. The average molecular weight is 560 g/mol. The van der Waals surface area contributed by atoms with Crippen LogP contribution in [0, 0.1) is 5.82 Å². The maximum Gasteiger partial charge on any atom is 0.319 e. The molecule has 210 valence electrons. The van der Waals surface area contributed by atoms with Crippen LogP contribution in [-0.2, 0) is 6.61 Å². The molecular weight excluding hydrogens is 525 g/mol. The third-order valence-electron chi connectivity index (χ3n) is 7.13. The van der Waals surface area contributed by atoms with Crippen molar-refractivity contribution in [1.82, 2.24) is 24.8 Å². The molecule has 13 heteroatoms. The van der Waals surface area contributed by atoms with Crippen molar-refractivity contribution in [3.05, 3.63) is 40.7 Å². The van der Waals surface area contributed by atoms with Crippen molar-refractivity contribution in [1.29, 1.82) is 0 Å². The van der Waals surface area contributed by atoms with Crippen molar-refractivity contribution in [2.45, 2.75) is 50.8 Å². The van der Waals surface area contributed by atoms with Crippen LogP contribution in [0.25, 0.3) is 0 Å². The summed E-state index contributed by atoms with van der Waals surface area (Å²) in [5.74, 6) is -1.78. The molecule has 2 saturated carbocycles. The second-order valence-corrected chi connectivity index (χ2v) is 11.0. The minimum Gasteiger partial charge on any atom is -0.471 e. The number of amides is 4. The first-order chi connectivity index (χ1) is 18.9. The SMILES string of the molecule is NC(=O)c1c(OCc2cc(C(=O)NC3CC3)ccc2F)nsc1NC(=O)NCCCN1CCN(C2CC2)CC1. The van der Waals surface area contributed by atoms with Crippen LogP contribution in [0.1, 0.15) is 58.4 Å². The molecule has 11 nitrogen and oxygen atoms in total. The number of rotatable bonds is 12. The normalized spacial score (nSPS) is 18.0. The van der Waals surface area contributed by atoms with Gasteiger partial charge in [-0.3, -0.25) is 19.8 Å². The fourth-order valence-corrected chi connectivity index (χ4v) is 5.33. The lowest BCUT2D eigenvalue weighted by molar-refractivity contribution is 0.0949. The highest BCUT2D eigenvalue weighted by molar-refractivity contribution is 7.11. The van der Waals surface area contributed by atoms with E-state index < -0.39 is 17.8 Å². The molecule has 3 fully saturated rings. The smallest absolute Gasteiger partial charge is 0.319 e. The second kappa shape index (κ2) is 12.3. The minimum absolute atomic E-state index is 0.0910. The van der Waals surface area contributed by atoms with Gasteiger partial charge in [-0.25, -0.2) is 9.18 Å². The van der Waals surface area contributed by atoms with Crippen LogP contribution < -0.4 is 26.4 Å². The summed E-state index contributed by atoms with van der Waals surface area (Å²) >= 11 is 0.845. The predicted molar refractivity (Wildman–Crippen MR) is 145 cm³/mol. The van der Waals surface area contributed by atoms with Crippen molar-refractivity contribution < 1.29 is 23.5 Å². The number of halogens is 1. The highest BCUT2D eigenvalue weighted by Crippen LogP contribution is 2.31. The van der Waals surface area contributed by atoms with Crippen LogP contribution in [0.3, 0.4) is 0 Å². The van der Waals surface area contributed by atoms with E-state index in [1.165, 1.54) is 31.0 Å². The number of hydrogen-bond donors (Lipinski definition) is 4. The largest absolute Gasteiger partial charge is 0.471 e. The van der Waals surface area contributed by atoms with Crippen LogP contribution in [0.2, 0.25) is 0 Å². The standard InChI is InChI=1S/C26H34FN7O4S/c27-20-7-2-16(23(36)30-18-3-4-18)14-17(20)15-38-24-21(22(28)35)25(39-32-24)31-26(37)29-8-1-9-33-10-12-34(13-11-33)19-5-6-19/h2,7,14,18-19H,1,3-6,8-13,15H2,(H2,28,35)(H,30,36)(H2,29,31,37). The second-order valence-electron chi connectivity index (χ2n) is 10.2. The van der Waals surface area contributed by atoms with Gasteiger partial charge >= 0.3 is 6.03 Å². The zero-order valence-corrected chi connectivity index (χ0v) is 22.5. The van der Waals surface area contributed by atoms with Crippen LogP contribution in [-0.4, -0.2) is 83.4 Å². The van der Waals surface area contributed by atoms with Gasteiger partial charge in [0.25, 0.3) is 11.8 Å². The number of ether oxygens (including phenoxy) is 1. The number of piperazine rings is 1. The Labute approximate surface area is 230 Å². The van der Waals surface area contributed by atoms with Crippen molar-refractivity contribution in [3.8, 4) is 5.88 Å². The first kappa shape index (κ1) is 27.3. The average Bonchev–Trinajstić information content (AvgIpc) is 3.85. The van der Waals surface area contributed by atoms with E-state index in [0.29, 0.717) is 12.1 Å². The number of nitrogens with two attached hydrogens (primary N) is 1. The number of aromatic nitrogens is 1. The van der Waals surface area contributed by atoms with Crippen molar-refractivity contribution in [2.24, 2.45) is 5.73 Å². The summed E-state index contributed by atoms with van der Waals surface area (Å²) in [4.78, 5) is 41.8. The molecule has 1 aliphatic heterocycles. The Hall–Kier alpha value is -3.29. The number of carbonyl (C=O) groups is 3. The minimum atomic E-state index is -0.836. The van der Waals surface area contributed by atoms with E-state index in [9.17, 15) is 18.8 Å². The van der Waals surface area contributed by atoms with Gasteiger partial charge in [0.1, 0.15) is 23.0 Å². The molecule has 0 radical (unpaired) electrons. The zero-order chi connectivity index (χ0) is 27.4. The van der Waals surface area contributed by atoms with Gasteiger partial charge in [0.2, 0.25) is 5.88 Å². The lowest BCUT2D eigenvalue weighted by atomic mass is 10.1. The lowest BCUT2D eigenvalue weighted by Gasteiger charge is -2.34. The van der Waals surface area contributed by atoms with E-state index in [2.05, 4.69) is 30.1 Å². The Morgan fingerprint density at radius 3 is 2.59 bits per heavy atom. The summed E-state index contributed by atoms with van der Waals surface area (Å²) in [5, 5.41) is 8.40. The number of primary amides is 1. The molecule has 0 unspecified atom stereocenters. The van der Waals surface area contributed by atoms with E-state index in [0.717, 1.165) is 69.6 Å². The number of hydrogen-bond acceptors (Lipinski definition) is 8. The first-order valence-electron chi connectivity index (χ1n) is 13.4. The molecule has 3 aliphatic rings. The maximum absolute atomic E-state index is 14.4. The highest BCUT2D eigenvalue weighted by Gasteiger charge is 2.31. The molecule has 2 heterocycles. The molecule has 5 rings (SSSR count). The molecule has 2 aromatic rings. The quantitative estimate of drug-likeness (QED) is 0.292. The van der Waals surface area contributed by atoms with Crippen molar-refractivity contribution in [3.63, 3.8) is 0 Å². The van der Waals surface area contributed by atoms with E-state index in [-0.39, 0.29) is 40.6 Å². The summed E-state index contributed by atoms with van der Waals surface area (Å²) < 4.78 is 24.1. The van der Waals surface area contributed by atoms with E-state index in [1.54, 1.807) is 0 Å². The summed E-state index contributed by atoms with van der Waals surface area (Å²) in [6.45, 7) is 5.43. The summed E-state index contributed by atoms with van der Waals surface area (Å²) in [7, 11) is 0. The number of carbonyl (C=O) groups excluding carboxylic acids is 3. The first-order valence-corrected chi connectivity index (χ1v) is 14.2. The zero-order valence-electron chi connectivity index (χ0n) is 21.7. The molecule has 0 spiro atoms. The van der Waals surface area contributed by atoms with Crippen LogP contribution in [0.15, 0.2) is 18.2 Å². The number of benzene rings is 1. The predicted octanol–water partition coefficient (Wildman–Crippen LogP) is 2.14. The number of nitrogens with one attached hydrogen (secondary N) is 3. The summed E-state index contributed by atoms with van der Waals surface area (Å²) in [5.41, 5.74) is 5.88. The highest BCUT2D eigenvalue weighted by atomic mass is 32.1. The van der Waals surface area contributed by atoms with Crippen LogP contribution >= 0.6 is 11.5 Å². The number of urea groups is 1. The van der Waals surface area contributed by atoms with Crippen LogP contribution in [0.4, 0.5) is 14.2 Å². The van der Waals surface area contributed by atoms with E-state index in [1.807, 2.05) is 0 Å². The van der Waals surface area contributed by atoms with Crippen molar-refractivity contribution >= 4 is 34.4 Å². The molecule has 1 aromatic carbocycles. The Bertz CT molecular complexity index is 1210. The summed E-state index contributed by atoms with van der Waals surface area (Å²) in [6.07, 6.45) is 5.34. The Morgan fingerprint density at radius 1 is 1.13 bits per heavy atom. The van der Waals surface area contributed by atoms with Gasteiger partial charge in [-0.2, -0.15) is 4.37 Å². The molecular formula is C26H34FN7O4S. The molecule has 1 saturated heterocycles. The maximum atomic E-state index is 14.4. The molecule has 2 aliphatic carbocycles. The third kappa shape index (κ3) is 7.43. The van der Waals surface area contributed by atoms with Gasteiger partial charge in [0, 0.05) is 55.9 Å². The third-order valence-corrected chi connectivity index (χ3v) is 7.87. The van der Waals surface area contributed by atoms with Gasteiger partial charge in [0.05, 0.1) is 0 Å². The van der Waals surface area contributed by atoms with Crippen molar-refractivity contribution in [2.75, 3.05) is 44.6 Å².